The van der Waals surface area contributed by atoms with Gasteiger partial charge in [0, 0.05) is 104 Å². The molecule has 5 aliphatic rings. The average molecular weight is 789 g/mol. The third kappa shape index (κ3) is 6.72. The lowest BCUT2D eigenvalue weighted by Gasteiger charge is -2.38. The Bertz CT molecular complexity index is 2420. The van der Waals surface area contributed by atoms with Gasteiger partial charge in [0.15, 0.2) is 0 Å². The molecule has 10 rings (SSSR count). The standard InChI is InChI=1S/C41H48N12O3S/c1-24-22-42-38-36-27-5-9-34(44-30(27)7-8-33(36)57-39(38)41(56)43-24)53-23-31(46-48-53)25-11-13-50(14-12-25)15-16-51-17-19-52(20-18-51)26-3-4-28-32(21-26)49(2)47-37(28)29-6-10-35(54)45-40(29)55/h3-5,7-9,21,23-25,29,34,42,44H,6,10-20,22H2,1-2H3,(H,43,56)(H,45,54,55)/t24-,29?,34?/m1/s1. The molecule has 0 bridgehead atoms. The van der Waals surface area contributed by atoms with Crippen molar-refractivity contribution in [1.82, 2.24) is 45.2 Å². The molecule has 3 atom stereocenters. The highest BCUT2D eigenvalue weighted by molar-refractivity contribution is 7.21. The molecule has 8 heterocycles. The minimum atomic E-state index is -0.394. The van der Waals surface area contributed by atoms with Crippen LogP contribution in [0.4, 0.5) is 17.1 Å². The molecule has 0 aliphatic carbocycles. The molecule has 0 saturated carbocycles. The molecule has 3 fully saturated rings. The minimum Gasteiger partial charge on any atom is -0.381 e. The smallest absolute Gasteiger partial charge is 0.263 e. The lowest BCUT2D eigenvalue weighted by atomic mass is 9.93. The summed E-state index contributed by atoms with van der Waals surface area (Å²) in [7, 11) is 1.92. The molecular formula is C41H48N12O3S. The predicted octanol–water partition coefficient (Wildman–Crippen LogP) is 4.08. The summed E-state index contributed by atoms with van der Waals surface area (Å²) in [6.07, 6.45) is 9.25. The average Bonchev–Trinajstić information content (AvgIpc) is 3.93. The van der Waals surface area contributed by atoms with Crippen LogP contribution in [-0.4, -0.2) is 117 Å². The zero-order valence-electron chi connectivity index (χ0n) is 32.3. The predicted molar refractivity (Wildman–Crippen MR) is 222 cm³/mol. The molecule has 3 aromatic heterocycles. The number of benzene rings is 2. The van der Waals surface area contributed by atoms with Crippen molar-refractivity contribution in [2.24, 2.45) is 7.05 Å². The maximum Gasteiger partial charge on any atom is 0.263 e. The van der Waals surface area contributed by atoms with Gasteiger partial charge in [0.2, 0.25) is 11.8 Å². The van der Waals surface area contributed by atoms with Gasteiger partial charge in [-0.1, -0.05) is 11.3 Å². The zero-order valence-corrected chi connectivity index (χ0v) is 33.1. The number of nitrogens with one attached hydrogen (secondary N) is 4. The monoisotopic (exact) mass is 788 g/mol. The van der Waals surface area contributed by atoms with Crippen LogP contribution in [0.15, 0.2) is 42.6 Å². The Morgan fingerprint density at radius 2 is 1.74 bits per heavy atom. The summed E-state index contributed by atoms with van der Waals surface area (Å²) in [6.45, 7) is 10.9. The largest absolute Gasteiger partial charge is 0.381 e. The van der Waals surface area contributed by atoms with Gasteiger partial charge in [0.05, 0.1) is 34.7 Å². The number of nitrogens with zero attached hydrogens (tertiary/aromatic N) is 8. The van der Waals surface area contributed by atoms with Crippen LogP contribution in [0.25, 0.3) is 27.1 Å². The van der Waals surface area contributed by atoms with Crippen LogP contribution in [0.1, 0.15) is 77.2 Å². The zero-order chi connectivity index (χ0) is 38.8. The van der Waals surface area contributed by atoms with Crippen molar-refractivity contribution in [3.63, 3.8) is 0 Å². The number of carbonyl (C=O) groups is 3. The number of piperazine rings is 1. The van der Waals surface area contributed by atoms with Crippen molar-refractivity contribution in [2.75, 3.05) is 74.4 Å². The molecule has 2 unspecified atom stereocenters. The van der Waals surface area contributed by atoms with Crippen LogP contribution in [0.5, 0.6) is 0 Å². The summed E-state index contributed by atoms with van der Waals surface area (Å²) in [5.74, 6) is -0.466. The van der Waals surface area contributed by atoms with E-state index in [0.717, 1.165) is 119 Å². The Balaban J connectivity index is 0.706. The number of amides is 3. The van der Waals surface area contributed by atoms with Crippen molar-refractivity contribution >= 4 is 73.2 Å². The van der Waals surface area contributed by atoms with Gasteiger partial charge in [0.25, 0.3) is 5.91 Å². The highest BCUT2D eigenvalue weighted by atomic mass is 32.1. The van der Waals surface area contributed by atoms with Crippen LogP contribution in [0, 0.1) is 0 Å². The molecule has 3 saturated heterocycles. The summed E-state index contributed by atoms with van der Waals surface area (Å²) in [5.41, 5.74) is 7.05. The van der Waals surface area contributed by atoms with Gasteiger partial charge < -0.3 is 25.8 Å². The maximum absolute atomic E-state index is 12.9. The number of fused-ring (bicyclic) bond motifs is 6. The van der Waals surface area contributed by atoms with Gasteiger partial charge in [-0.2, -0.15) is 5.10 Å². The molecule has 0 spiro atoms. The first-order valence-electron chi connectivity index (χ1n) is 20.3. The van der Waals surface area contributed by atoms with E-state index >= 15 is 0 Å². The molecule has 57 heavy (non-hydrogen) atoms. The Labute approximate surface area is 334 Å². The number of aromatic nitrogens is 5. The van der Waals surface area contributed by atoms with E-state index in [4.69, 9.17) is 5.10 Å². The fraction of sp³-hybridized carbons (Fsp3) is 0.463. The number of aryl methyl sites for hydroxylation is 1. The molecule has 3 amide bonds. The van der Waals surface area contributed by atoms with E-state index in [1.165, 1.54) is 17.0 Å². The molecule has 16 heteroatoms. The summed E-state index contributed by atoms with van der Waals surface area (Å²) >= 11 is 1.54. The Hall–Kier alpha value is -5.32. The molecule has 5 aromatic rings. The van der Waals surface area contributed by atoms with Crippen LogP contribution in [-0.2, 0) is 16.6 Å². The molecular weight excluding hydrogens is 741 g/mol. The first kappa shape index (κ1) is 36.0. The molecule has 2 aromatic carbocycles. The van der Waals surface area contributed by atoms with Gasteiger partial charge in [-0.05, 0) is 75.7 Å². The Kier molecular flexibility index (Phi) is 9.21. The second kappa shape index (κ2) is 14.6. The molecule has 5 aliphatic heterocycles. The van der Waals surface area contributed by atoms with E-state index in [2.05, 4.69) is 95.0 Å². The van der Waals surface area contributed by atoms with E-state index < -0.39 is 5.92 Å². The first-order valence-corrected chi connectivity index (χ1v) is 21.1. The highest BCUT2D eigenvalue weighted by Gasteiger charge is 2.33. The maximum atomic E-state index is 12.9. The van der Waals surface area contributed by atoms with Crippen molar-refractivity contribution in [1.29, 1.82) is 0 Å². The Morgan fingerprint density at radius 3 is 2.54 bits per heavy atom. The number of piperidine rings is 2. The fourth-order valence-electron chi connectivity index (χ4n) is 9.25. The van der Waals surface area contributed by atoms with Crippen molar-refractivity contribution in [3.8, 4) is 0 Å². The SMILES string of the molecule is C[C@@H]1CNc2c(sc3ccc4c(c23)C=CC(n2cc(C3CCN(CCN5CCN(c6ccc7c(C8CCC(=O)NC8=O)nn(C)c7c6)CC5)CC3)nn2)N4)C(=O)N1. The van der Waals surface area contributed by atoms with Crippen LogP contribution in [0.2, 0.25) is 0 Å². The third-order valence-corrected chi connectivity index (χ3v) is 13.7. The topological polar surface area (TPSA) is 158 Å². The van der Waals surface area contributed by atoms with Gasteiger partial charge in [0.1, 0.15) is 11.0 Å². The van der Waals surface area contributed by atoms with E-state index in [1.807, 2.05) is 23.3 Å². The van der Waals surface area contributed by atoms with Gasteiger partial charge in [-0.25, -0.2) is 4.68 Å². The number of carbonyl (C=O) groups excluding carboxylic acids is 3. The number of imide groups is 1. The summed E-state index contributed by atoms with van der Waals surface area (Å²) < 4.78 is 4.89. The van der Waals surface area contributed by atoms with Crippen LogP contribution in [0.3, 0.4) is 0 Å². The Morgan fingerprint density at radius 1 is 0.930 bits per heavy atom. The lowest BCUT2D eigenvalue weighted by molar-refractivity contribution is -0.134. The van der Waals surface area contributed by atoms with Gasteiger partial charge >= 0.3 is 0 Å². The van der Waals surface area contributed by atoms with Crippen molar-refractivity contribution in [3.05, 3.63) is 64.4 Å². The second-order valence-corrected chi connectivity index (χ2v) is 17.2. The third-order valence-electron chi connectivity index (χ3n) is 12.5. The number of anilines is 3. The number of rotatable bonds is 7. The number of thiophene rings is 1. The van der Waals surface area contributed by atoms with Crippen LogP contribution >= 0.6 is 11.3 Å². The van der Waals surface area contributed by atoms with E-state index in [9.17, 15) is 14.4 Å². The second-order valence-electron chi connectivity index (χ2n) is 16.2. The molecule has 296 valence electrons. The van der Waals surface area contributed by atoms with E-state index in [-0.39, 0.29) is 29.9 Å². The highest BCUT2D eigenvalue weighted by Crippen LogP contribution is 2.44. The van der Waals surface area contributed by atoms with Crippen LogP contribution < -0.4 is 26.2 Å². The number of hydrogen-bond donors (Lipinski definition) is 4. The minimum absolute atomic E-state index is 0.0124. The summed E-state index contributed by atoms with van der Waals surface area (Å²) in [4.78, 5) is 45.5. The number of hydrogen-bond acceptors (Lipinski definition) is 12. The molecule has 0 radical (unpaired) electrons. The first-order chi connectivity index (χ1) is 27.8. The normalized spacial score (nSPS) is 23.5. The van der Waals surface area contributed by atoms with Gasteiger partial charge in [-0.3, -0.25) is 29.3 Å². The summed E-state index contributed by atoms with van der Waals surface area (Å²) in [6, 6.07) is 10.7. The van der Waals surface area contributed by atoms with E-state index in [1.54, 1.807) is 0 Å². The summed E-state index contributed by atoms with van der Waals surface area (Å²) in [5, 5.41) is 28.7. The lowest BCUT2D eigenvalue weighted by Crippen LogP contribution is -2.49. The molecule has 15 nitrogen and oxygen atoms in total. The quantitative estimate of drug-likeness (QED) is 0.176. The molecule has 4 N–H and O–H groups in total. The number of likely N-dealkylation sites (tertiary alicyclic amines) is 1. The fourth-order valence-corrected chi connectivity index (χ4v) is 10.3. The van der Waals surface area contributed by atoms with Crippen molar-refractivity contribution < 1.29 is 14.4 Å². The van der Waals surface area contributed by atoms with Crippen molar-refractivity contribution in [2.45, 2.75) is 56.7 Å². The van der Waals surface area contributed by atoms with E-state index in [0.29, 0.717) is 25.3 Å². The van der Waals surface area contributed by atoms with Gasteiger partial charge in [-0.15, -0.1) is 16.4 Å².